The van der Waals surface area contributed by atoms with Crippen LogP contribution in [0.5, 0.6) is 0 Å². The van der Waals surface area contributed by atoms with E-state index < -0.39 is 11.8 Å². The summed E-state index contributed by atoms with van der Waals surface area (Å²) in [5.41, 5.74) is 1.87. The number of aromatic nitrogens is 1. The second-order valence-corrected chi connectivity index (χ2v) is 6.03. The van der Waals surface area contributed by atoms with Crippen molar-refractivity contribution >= 4 is 45.6 Å². The lowest BCUT2D eigenvalue weighted by molar-refractivity contribution is -0.132. The van der Waals surface area contributed by atoms with Crippen LogP contribution in [-0.4, -0.2) is 22.7 Å². The summed E-state index contributed by atoms with van der Waals surface area (Å²) in [4.78, 5) is 39.7. The first-order valence-electron chi connectivity index (χ1n) is 6.79. The molecule has 0 aliphatic heterocycles. The van der Waals surface area contributed by atoms with Crippen molar-refractivity contribution < 1.29 is 14.4 Å². The molecule has 0 aliphatic rings. The van der Waals surface area contributed by atoms with Crippen molar-refractivity contribution in [3.63, 3.8) is 0 Å². The molecule has 0 radical (unpaired) electrons. The van der Waals surface area contributed by atoms with Gasteiger partial charge in [0.2, 0.25) is 5.91 Å². The van der Waals surface area contributed by atoms with Crippen LogP contribution < -0.4 is 16.0 Å². The van der Waals surface area contributed by atoms with Gasteiger partial charge >= 0.3 is 11.8 Å². The molecular weight excluding hydrogens is 316 g/mol. The summed E-state index contributed by atoms with van der Waals surface area (Å²) in [7, 11) is 0. The number of nitrogens with zero attached hydrogens (tertiary/aromatic N) is 1. The molecule has 0 fully saturated rings. The molecule has 120 valence electrons. The molecule has 2 aromatic rings. The Morgan fingerprint density at radius 3 is 1.91 bits per heavy atom. The molecule has 0 atom stereocenters. The third-order valence-electron chi connectivity index (χ3n) is 2.92. The van der Waals surface area contributed by atoms with Crippen molar-refractivity contribution in [3.05, 3.63) is 34.8 Å². The molecule has 7 nitrogen and oxygen atoms in total. The lowest BCUT2D eigenvalue weighted by Gasteiger charge is -2.06. The van der Waals surface area contributed by atoms with E-state index in [1.54, 1.807) is 24.3 Å². The average molecular weight is 332 g/mol. The lowest BCUT2D eigenvalue weighted by Crippen LogP contribution is -2.29. The molecule has 0 bridgehead atoms. The molecule has 3 N–H and O–H groups in total. The molecule has 1 aromatic heterocycles. The molecule has 1 aromatic carbocycles. The van der Waals surface area contributed by atoms with Crippen molar-refractivity contribution in [2.45, 2.75) is 20.8 Å². The van der Waals surface area contributed by atoms with E-state index in [0.29, 0.717) is 16.5 Å². The topological polar surface area (TPSA) is 100 Å². The highest BCUT2D eigenvalue weighted by atomic mass is 32.1. The van der Waals surface area contributed by atoms with E-state index in [1.165, 1.54) is 18.3 Å². The number of carbonyl (C=O) groups is 3. The summed E-state index contributed by atoms with van der Waals surface area (Å²) < 4.78 is 0. The minimum atomic E-state index is -0.789. The maximum absolute atomic E-state index is 11.9. The van der Waals surface area contributed by atoms with Crippen molar-refractivity contribution in [3.8, 4) is 0 Å². The van der Waals surface area contributed by atoms with Gasteiger partial charge in [0.1, 0.15) is 0 Å². The Morgan fingerprint density at radius 1 is 0.913 bits per heavy atom. The predicted octanol–water partition coefficient (Wildman–Crippen LogP) is 2.30. The van der Waals surface area contributed by atoms with Gasteiger partial charge in [-0.2, -0.15) is 0 Å². The molecule has 0 unspecified atom stereocenters. The molecule has 23 heavy (non-hydrogen) atoms. The van der Waals surface area contributed by atoms with Crippen LogP contribution in [0.15, 0.2) is 24.3 Å². The van der Waals surface area contributed by atoms with Gasteiger partial charge in [0, 0.05) is 23.2 Å². The number of aryl methyl sites for hydroxylation is 2. The molecule has 1 heterocycles. The first kappa shape index (κ1) is 16.6. The SMILES string of the molecule is CC(=O)Nc1ccc(NC(=O)C(=O)Nc2nc(C)c(C)s2)cc1. The molecule has 0 spiro atoms. The summed E-state index contributed by atoms with van der Waals surface area (Å²) in [5.74, 6) is -1.76. The van der Waals surface area contributed by atoms with Crippen molar-refractivity contribution in [1.82, 2.24) is 4.98 Å². The van der Waals surface area contributed by atoms with Crippen LogP contribution in [0.3, 0.4) is 0 Å². The van der Waals surface area contributed by atoms with E-state index in [2.05, 4.69) is 20.9 Å². The fourth-order valence-corrected chi connectivity index (χ4v) is 2.52. The Kier molecular flexibility index (Phi) is 5.07. The molecule has 0 saturated carbocycles. The number of benzene rings is 1. The Morgan fingerprint density at radius 2 is 1.43 bits per heavy atom. The molecule has 2 rings (SSSR count). The Balaban J connectivity index is 1.95. The van der Waals surface area contributed by atoms with Crippen LogP contribution in [0.2, 0.25) is 0 Å². The third-order valence-corrected chi connectivity index (χ3v) is 3.91. The first-order valence-corrected chi connectivity index (χ1v) is 7.61. The highest BCUT2D eigenvalue weighted by Gasteiger charge is 2.16. The summed E-state index contributed by atoms with van der Waals surface area (Å²) >= 11 is 1.31. The van der Waals surface area contributed by atoms with Gasteiger partial charge in [0.25, 0.3) is 0 Å². The highest BCUT2D eigenvalue weighted by molar-refractivity contribution is 7.15. The average Bonchev–Trinajstić information content (AvgIpc) is 2.78. The zero-order valence-electron chi connectivity index (χ0n) is 12.9. The number of nitrogens with one attached hydrogen (secondary N) is 3. The standard InChI is InChI=1S/C15H16N4O3S/c1-8-9(2)23-15(16-8)19-14(22)13(21)18-12-6-4-11(5-7-12)17-10(3)20/h4-7H,1-3H3,(H,17,20)(H,18,21)(H,16,19,22). The second-order valence-electron chi connectivity index (χ2n) is 4.83. The van der Waals surface area contributed by atoms with E-state index in [-0.39, 0.29) is 5.91 Å². The molecule has 0 saturated heterocycles. The quantitative estimate of drug-likeness (QED) is 0.751. The zero-order valence-corrected chi connectivity index (χ0v) is 13.7. The number of anilines is 3. The van der Waals surface area contributed by atoms with Crippen LogP contribution in [-0.2, 0) is 14.4 Å². The zero-order chi connectivity index (χ0) is 17.0. The van der Waals surface area contributed by atoms with Gasteiger partial charge in [-0.1, -0.05) is 0 Å². The second kappa shape index (κ2) is 7.01. The van der Waals surface area contributed by atoms with Gasteiger partial charge in [-0.25, -0.2) is 4.98 Å². The highest BCUT2D eigenvalue weighted by Crippen LogP contribution is 2.21. The largest absolute Gasteiger partial charge is 0.326 e. The van der Waals surface area contributed by atoms with Gasteiger partial charge in [0.15, 0.2) is 5.13 Å². The van der Waals surface area contributed by atoms with Crippen LogP contribution in [0.4, 0.5) is 16.5 Å². The minimum Gasteiger partial charge on any atom is -0.326 e. The fraction of sp³-hybridized carbons (Fsp3) is 0.200. The van der Waals surface area contributed by atoms with Crippen molar-refractivity contribution in [2.24, 2.45) is 0 Å². The van der Waals surface area contributed by atoms with Gasteiger partial charge in [0.05, 0.1) is 5.69 Å². The number of rotatable bonds is 3. The van der Waals surface area contributed by atoms with Crippen LogP contribution in [0.25, 0.3) is 0 Å². The van der Waals surface area contributed by atoms with Crippen LogP contribution in [0, 0.1) is 13.8 Å². The lowest BCUT2D eigenvalue weighted by atomic mass is 10.2. The van der Waals surface area contributed by atoms with E-state index >= 15 is 0 Å². The van der Waals surface area contributed by atoms with Crippen LogP contribution >= 0.6 is 11.3 Å². The first-order chi connectivity index (χ1) is 10.8. The van der Waals surface area contributed by atoms with Crippen molar-refractivity contribution in [1.29, 1.82) is 0 Å². The van der Waals surface area contributed by atoms with E-state index in [0.717, 1.165) is 10.6 Å². The van der Waals surface area contributed by atoms with E-state index in [4.69, 9.17) is 0 Å². The summed E-state index contributed by atoms with van der Waals surface area (Å²) in [6.45, 7) is 5.12. The number of thiazole rings is 1. The number of hydrogen-bond donors (Lipinski definition) is 3. The number of amides is 3. The molecule has 8 heteroatoms. The van der Waals surface area contributed by atoms with E-state index in [9.17, 15) is 14.4 Å². The van der Waals surface area contributed by atoms with Gasteiger partial charge < -0.3 is 10.6 Å². The molecule has 0 aliphatic carbocycles. The Hall–Kier alpha value is -2.74. The van der Waals surface area contributed by atoms with Gasteiger partial charge in [-0.05, 0) is 38.1 Å². The summed E-state index contributed by atoms with van der Waals surface area (Å²) in [6, 6.07) is 6.44. The van der Waals surface area contributed by atoms with E-state index in [1.807, 2.05) is 13.8 Å². The van der Waals surface area contributed by atoms with Gasteiger partial charge in [-0.15, -0.1) is 11.3 Å². The number of hydrogen-bond acceptors (Lipinski definition) is 5. The van der Waals surface area contributed by atoms with Crippen molar-refractivity contribution in [2.75, 3.05) is 16.0 Å². The summed E-state index contributed by atoms with van der Waals surface area (Å²) in [6.07, 6.45) is 0. The Bertz CT molecular complexity index is 733. The summed E-state index contributed by atoms with van der Waals surface area (Å²) in [5, 5.41) is 7.94. The maximum atomic E-state index is 11.9. The van der Waals surface area contributed by atoms with Gasteiger partial charge in [-0.3, -0.25) is 19.7 Å². The minimum absolute atomic E-state index is 0.185. The van der Waals surface area contributed by atoms with Crippen LogP contribution in [0.1, 0.15) is 17.5 Å². The molecule has 3 amide bonds. The predicted molar refractivity (Wildman–Crippen MR) is 89.6 cm³/mol. The molecular formula is C15H16N4O3S. The maximum Gasteiger partial charge on any atom is 0.315 e. The normalized spacial score (nSPS) is 10.0. The fourth-order valence-electron chi connectivity index (χ4n) is 1.71. The monoisotopic (exact) mass is 332 g/mol. The number of carbonyl (C=O) groups excluding carboxylic acids is 3. The Labute approximate surface area is 137 Å². The third kappa shape index (κ3) is 4.62. The smallest absolute Gasteiger partial charge is 0.315 e.